The van der Waals surface area contributed by atoms with Crippen LogP contribution in [0.4, 0.5) is 9.59 Å². The summed E-state index contributed by atoms with van der Waals surface area (Å²) in [6.45, 7) is 10.8. The van der Waals surface area contributed by atoms with Crippen LogP contribution in [0.5, 0.6) is 0 Å². The quantitative estimate of drug-likeness (QED) is 0.395. The van der Waals surface area contributed by atoms with Gasteiger partial charge in [-0.05, 0) is 87.5 Å². The normalized spacial score (nSPS) is 20.9. The maximum atomic E-state index is 13.5. The number of rotatable bonds is 6. The van der Waals surface area contributed by atoms with Crippen LogP contribution in [0.1, 0.15) is 84.3 Å². The Morgan fingerprint density at radius 3 is 2.19 bits per heavy atom. The predicted octanol–water partition coefficient (Wildman–Crippen LogP) is 5.73. The van der Waals surface area contributed by atoms with Gasteiger partial charge in [-0.1, -0.05) is 37.8 Å². The molecule has 10 heteroatoms. The van der Waals surface area contributed by atoms with Crippen molar-refractivity contribution in [3.63, 3.8) is 0 Å². The van der Waals surface area contributed by atoms with E-state index in [4.69, 9.17) is 14.5 Å². The highest BCUT2D eigenvalue weighted by atomic mass is 16.6. The molecule has 48 heavy (non-hydrogen) atoms. The van der Waals surface area contributed by atoms with Crippen molar-refractivity contribution in [3.8, 4) is 23.7 Å². The molecule has 0 radical (unpaired) electrons. The van der Waals surface area contributed by atoms with Gasteiger partial charge in [-0.15, -0.1) is 0 Å². The molecule has 0 unspecified atom stereocenters. The van der Waals surface area contributed by atoms with Gasteiger partial charge in [-0.2, -0.15) is 0 Å². The van der Waals surface area contributed by atoms with Crippen LogP contribution in [0.3, 0.4) is 0 Å². The lowest BCUT2D eigenvalue weighted by molar-refractivity contribution is -0.134. The summed E-state index contributed by atoms with van der Waals surface area (Å²) >= 11 is 0. The van der Waals surface area contributed by atoms with E-state index in [1.54, 1.807) is 11.1 Å². The fourth-order valence-corrected chi connectivity index (χ4v) is 6.45. The molecular formula is C38H45N5O5. The second-order valence-corrected chi connectivity index (χ2v) is 13.9. The summed E-state index contributed by atoms with van der Waals surface area (Å²) < 4.78 is 10.3. The second kappa shape index (κ2) is 14.9. The van der Waals surface area contributed by atoms with Crippen LogP contribution in [0, 0.1) is 29.6 Å². The number of ether oxygens (including phenoxy) is 2. The van der Waals surface area contributed by atoms with Gasteiger partial charge in [0.1, 0.15) is 11.6 Å². The number of benzene rings is 1. The number of hydrogen-bond acceptors (Lipinski definition) is 7. The summed E-state index contributed by atoms with van der Waals surface area (Å²) in [7, 11) is 1.30. The molecule has 2 saturated heterocycles. The number of carbonyl (C=O) groups is 3. The number of alkyl carbamates (subject to hydrolysis) is 1. The van der Waals surface area contributed by atoms with Gasteiger partial charge < -0.3 is 19.7 Å². The Hall–Kier alpha value is -4.83. The third-order valence-corrected chi connectivity index (χ3v) is 8.84. The first-order chi connectivity index (χ1) is 22.9. The minimum Gasteiger partial charge on any atom is -0.453 e. The van der Waals surface area contributed by atoms with E-state index < -0.39 is 17.7 Å². The molecule has 10 nitrogen and oxygen atoms in total. The molecule has 2 fully saturated rings. The van der Waals surface area contributed by atoms with E-state index in [1.807, 2.05) is 70.0 Å². The molecule has 4 heterocycles. The van der Waals surface area contributed by atoms with Crippen LogP contribution in [0.15, 0.2) is 52.2 Å². The summed E-state index contributed by atoms with van der Waals surface area (Å²) in [4.78, 5) is 51.0. The monoisotopic (exact) mass is 651 g/mol. The standard InChI is InChI=1S/C38H45N5O5/c1-25(2)34(41-36(45)47-6)35(44)42-19-9-13-32(42)31-22-29(24-40-31)28-17-15-26(16-18-28)11-7-8-12-27-21-30(39-23-27)33-14-10-20-43(33)37(46)48-38(3,4)5/h15-18,23-25,32-34H,9-10,13-14,19-22H2,1-6H3,(H,41,45)/t32-,33-,34-/m0/s1. The van der Waals surface area contributed by atoms with Crippen LogP contribution < -0.4 is 5.32 Å². The lowest BCUT2D eigenvalue weighted by Gasteiger charge is -2.31. The maximum absolute atomic E-state index is 13.5. The Balaban J connectivity index is 1.12. The summed E-state index contributed by atoms with van der Waals surface area (Å²) in [6, 6.07) is 7.22. The molecule has 252 valence electrons. The molecule has 4 aliphatic rings. The first-order valence-corrected chi connectivity index (χ1v) is 16.7. The van der Waals surface area contributed by atoms with Gasteiger partial charge in [0.05, 0.1) is 19.2 Å². The molecular weight excluding hydrogens is 606 g/mol. The van der Waals surface area contributed by atoms with Crippen molar-refractivity contribution in [1.29, 1.82) is 0 Å². The molecule has 4 aliphatic heterocycles. The Kier molecular flexibility index (Phi) is 10.7. The van der Waals surface area contributed by atoms with Crippen molar-refractivity contribution < 1.29 is 23.9 Å². The van der Waals surface area contributed by atoms with Crippen LogP contribution >= 0.6 is 0 Å². The van der Waals surface area contributed by atoms with Gasteiger partial charge in [-0.3, -0.25) is 19.7 Å². The van der Waals surface area contributed by atoms with E-state index in [1.165, 1.54) is 7.11 Å². The Bertz CT molecular complexity index is 1670. The van der Waals surface area contributed by atoms with Gasteiger partial charge in [-0.25, -0.2) is 9.59 Å². The number of nitrogens with one attached hydrogen (secondary N) is 1. The smallest absolute Gasteiger partial charge is 0.410 e. The summed E-state index contributed by atoms with van der Waals surface area (Å²) in [5, 5.41) is 2.70. The molecule has 3 atom stereocenters. The molecule has 5 rings (SSSR count). The number of amides is 3. The SMILES string of the molecule is COC(=O)N[C@H](C(=O)N1CCC[C@H]1C1=NC=C(c2ccc(C#CC#CC3=CN=C([C@@H]4CCCN4C(=O)OC(C)(C)C)C3)cc2)C1)C(C)C. The lowest BCUT2D eigenvalue weighted by Crippen LogP contribution is -2.53. The Morgan fingerprint density at radius 1 is 0.896 bits per heavy atom. The molecule has 1 N–H and O–H groups in total. The molecule has 1 aromatic carbocycles. The molecule has 3 amide bonds. The van der Waals surface area contributed by atoms with Crippen molar-refractivity contribution in [2.75, 3.05) is 20.2 Å². The van der Waals surface area contributed by atoms with Gasteiger partial charge in [0.25, 0.3) is 0 Å². The average Bonchev–Trinajstić information content (AvgIpc) is 3.87. The number of aliphatic imine (C=N–C) groups is 2. The zero-order chi connectivity index (χ0) is 34.4. The summed E-state index contributed by atoms with van der Waals surface area (Å²) in [5.41, 5.74) is 5.27. The summed E-state index contributed by atoms with van der Waals surface area (Å²) in [6.07, 6.45) is 7.58. The van der Waals surface area contributed by atoms with Crippen LogP contribution in [0.25, 0.3) is 5.57 Å². The minimum atomic E-state index is -0.653. The first-order valence-electron chi connectivity index (χ1n) is 16.7. The van der Waals surface area contributed by atoms with Gasteiger partial charge in [0.2, 0.25) is 5.91 Å². The molecule has 0 aromatic heterocycles. The zero-order valence-corrected chi connectivity index (χ0v) is 28.8. The predicted molar refractivity (Wildman–Crippen MR) is 186 cm³/mol. The van der Waals surface area contributed by atoms with E-state index in [9.17, 15) is 14.4 Å². The highest BCUT2D eigenvalue weighted by molar-refractivity contribution is 6.04. The molecule has 0 bridgehead atoms. The number of likely N-dealkylation sites (tertiary alicyclic amines) is 2. The van der Waals surface area contributed by atoms with Crippen molar-refractivity contribution in [2.24, 2.45) is 15.9 Å². The van der Waals surface area contributed by atoms with Crippen molar-refractivity contribution in [3.05, 3.63) is 53.4 Å². The molecule has 1 aromatic rings. The number of allylic oxidation sites excluding steroid dienone is 2. The Labute approximate surface area is 283 Å². The van der Waals surface area contributed by atoms with Gasteiger partial charge in [0, 0.05) is 60.9 Å². The van der Waals surface area contributed by atoms with Crippen LogP contribution in [0.2, 0.25) is 0 Å². The summed E-state index contributed by atoms with van der Waals surface area (Å²) in [5.74, 6) is 12.0. The van der Waals surface area contributed by atoms with E-state index in [0.29, 0.717) is 25.9 Å². The zero-order valence-electron chi connectivity index (χ0n) is 28.8. The third kappa shape index (κ3) is 8.36. The highest BCUT2D eigenvalue weighted by Gasteiger charge is 2.39. The van der Waals surface area contributed by atoms with E-state index in [-0.39, 0.29) is 30.0 Å². The van der Waals surface area contributed by atoms with Crippen molar-refractivity contribution >= 4 is 35.1 Å². The van der Waals surface area contributed by atoms with Gasteiger partial charge >= 0.3 is 12.2 Å². The fraction of sp³-hybridized carbons (Fsp3) is 0.500. The number of methoxy groups -OCH3 is 1. The van der Waals surface area contributed by atoms with Crippen molar-refractivity contribution in [1.82, 2.24) is 15.1 Å². The number of hydrogen-bond donors (Lipinski definition) is 1. The van der Waals surface area contributed by atoms with Crippen LogP contribution in [-0.2, 0) is 14.3 Å². The minimum absolute atomic E-state index is 0.0522. The first kappa shape index (κ1) is 34.5. The van der Waals surface area contributed by atoms with E-state index in [0.717, 1.165) is 59.4 Å². The van der Waals surface area contributed by atoms with Crippen molar-refractivity contribution in [2.45, 2.75) is 96.9 Å². The second-order valence-electron chi connectivity index (χ2n) is 13.9. The number of nitrogens with zero attached hydrogens (tertiary/aromatic N) is 4. The Morgan fingerprint density at radius 2 is 1.52 bits per heavy atom. The third-order valence-electron chi connectivity index (χ3n) is 8.84. The van der Waals surface area contributed by atoms with Crippen LogP contribution in [-0.4, -0.2) is 83.2 Å². The molecule has 0 saturated carbocycles. The lowest BCUT2D eigenvalue weighted by atomic mass is 9.97. The maximum Gasteiger partial charge on any atom is 0.410 e. The average molecular weight is 652 g/mol. The van der Waals surface area contributed by atoms with Gasteiger partial charge in [0.15, 0.2) is 0 Å². The highest BCUT2D eigenvalue weighted by Crippen LogP contribution is 2.31. The van der Waals surface area contributed by atoms with E-state index in [2.05, 4.69) is 34.0 Å². The van der Waals surface area contributed by atoms with E-state index >= 15 is 0 Å². The fourth-order valence-electron chi connectivity index (χ4n) is 6.45. The number of carbonyl (C=O) groups excluding carboxylic acids is 3. The molecule has 0 spiro atoms. The largest absolute Gasteiger partial charge is 0.453 e. The molecule has 0 aliphatic carbocycles. The topological polar surface area (TPSA) is 113 Å².